The first kappa shape index (κ1) is 20.1. The summed E-state index contributed by atoms with van der Waals surface area (Å²) in [6.07, 6.45) is 3.16. The maximum Gasteiger partial charge on any atom is 0.123 e. The summed E-state index contributed by atoms with van der Waals surface area (Å²) in [5.74, 6) is -0.153. The third-order valence-electron chi connectivity index (χ3n) is 5.67. The number of halogens is 3. The summed E-state index contributed by atoms with van der Waals surface area (Å²) >= 11 is 0. The zero-order valence-corrected chi connectivity index (χ0v) is 16.1. The average Bonchev–Trinajstić information content (AvgIpc) is 2.96. The van der Waals surface area contributed by atoms with Crippen LogP contribution in [0.3, 0.4) is 0 Å². The van der Waals surface area contributed by atoms with Crippen LogP contribution in [0.25, 0.3) is 0 Å². The van der Waals surface area contributed by atoms with E-state index in [1.165, 1.54) is 18.2 Å². The molecule has 27 heavy (non-hydrogen) atoms. The van der Waals surface area contributed by atoms with Crippen LogP contribution in [0.15, 0.2) is 42.5 Å². The molecule has 2 aromatic carbocycles. The van der Waals surface area contributed by atoms with Gasteiger partial charge >= 0.3 is 0 Å². The Bertz CT molecular complexity index is 769. The number of anilines is 2. The highest BCUT2D eigenvalue weighted by Crippen LogP contribution is 2.48. The fourth-order valence-corrected chi connectivity index (χ4v) is 4.46. The molecule has 6 heteroatoms. The molecule has 2 N–H and O–H groups in total. The number of nitrogens with zero attached hydrogens (tertiary/aromatic N) is 2. The predicted molar refractivity (Wildman–Crippen MR) is 108 cm³/mol. The van der Waals surface area contributed by atoms with E-state index >= 15 is 0 Å². The lowest BCUT2D eigenvalue weighted by Crippen LogP contribution is -2.45. The van der Waals surface area contributed by atoms with Crippen molar-refractivity contribution in [2.24, 2.45) is 5.73 Å². The molecule has 2 aliphatic heterocycles. The molecule has 2 atom stereocenters. The van der Waals surface area contributed by atoms with Crippen molar-refractivity contribution in [1.29, 1.82) is 0 Å². The second-order valence-electron chi connectivity index (χ2n) is 7.31. The molecule has 1 fully saturated rings. The maximum atomic E-state index is 14.0. The minimum atomic E-state index is -0.237. The Morgan fingerprint density at radius 2 is 1.74 bits per heavy atom. The van der Waals surface area contributed by atoms with Crippen molar-refractivity contribution >= 4 is 23.8 Å². The third kappa shape index (κ3) is 3.96. The van der Waals surface area contributed by atoms with Gasteiger partial charge in [-0.3, -0.25) is 0 Å². The number of fused-ring (bicyclic) bond motifs is 3. The zero-order valence-electron chi connectivity index (χ0n) is 15.3. The van der Waals surface area contributed by atoms with Crippen molar-refractivity contribution in [3.63, 3.8) is 0 Å². The Kier molecular flexibility index (Phi) is 6.35. The zero-order chi connectivity index (χ0) is 18.1. The largest absolute Gasteiger partial charge is 0.337 e. The summed E-state index contributed by atoms with van der Waals surface area (Å²) in [6, 6.07) is 12.0. The van der Waals surface area contributed by atoms with E-state index in [2.05, 4.69) is 9.80 Å². The van der Waals surface area contributed by atoms with Gasteiger partial charge in [0.25, 0.3) is 0 Å². The summed E-state index contributed by atoms with van der Waals surface area (Å²) in [6.45, 7) is 3.73. The van der Waals surface area contributed by atoms with Crippen LogP contribution in [0, 0.1) is 11.6 Å². The van der Waals surface area contributed by atoms with E-state index in [9.17, 15) is 8.78 Å². The first-order valence-electron chi connectivity index (χ1n) is 9.44. The van der Waals surface area contributed by atoms with E-state index in [1.807, 2.05) is 18.2 Å². The molecule has 0 saturated carbocycles. The van der Waals surface area contributed by atoms with Gasteiger partial charge in [-0.05, 0) is 80.4 Å². The van der Waals surface area contributed by atoms with Crippen molar-refractivity contribution in [3.8, 4) is 0 Å². The number of nitrogens with two attached hydrogens (primary N) is 1. The van der Waals surface area contributed by atoms with Gasteiger partial charge < -0.3 is 15.5 Å². The Balaban J connectivity index is 0.00000210. The second-order valence-corrected chi connectivity index (χ2v) is 7.31. The summed E-state index contributed by atoms with van der Waals surface area (Å²) in [7, 11) is 0. The average molecular weight is 394 g/mol. The molecule has 0 aliphatic carbocycles. The van der Waals surface area contributed by atoms with Crippen molar-refractivity contribution in [3.05, 3.63) is 59.7 Å². The van der Waals surface area contributed by atoms with Gasteiger partial charge in [0.2, 0.25) is 0 Å². The molecule has 0 amide bonds. The van der Waals surface area contributed by atoms with Gasteiger partial charge in [0.05, 0.1) is 0 Å². The molecule has 0 spiro atoms. The molecule has 2 aliphatic rings. The van der Waals surface area contributed by atoms with Gasteiger partial charge in [0.15, 0.2) is 0 Å². The fraction of sp³-hybridized carbons (Fsp3) is 0.429. The molecule has 146 valence electrons. The number of rotatable bonds is 5. The van der Waals surface area contributed by atoms with Crippen LogP contribution in [0.5, 0.6) is 0 Å². The number of hydrogen-bond acceptors (Lipinski definition) is 3. The van der Waals surface area contributed by atoms with Gasteiger partial charge in [0.1, 0.15) is 11.6 Å². The number of piperidine rings is 1. The fourth-order valence-electron chi connectivity index (χ4n) is 4.46. The minimum Gasteiger partial charge on any atom is -0.337 e. The van der Waals surface area contributed by atoms with Crippen LogP contribution in [0.1, 0.15) is 30.7 Å². The Morgan fingerprint density at radius 3 is 2.48 bits per heavy atom. The number of likely N-dealkylation sites (tertiary alicyclic amines) is 1. The molecule has 0 radical (unpaired) electrons. The quantitative estimate of drug-likeness (QED) is 0.762. The molecular formula is C21H26ClF2N3. The van der Waals surface area contributed by atoms with E-state index in [0.717, 1.165) is 62.4 Å². The summed E-state index contributed by atoms with van der Waals surface area (Å²) < 4.78 is 27.3. The van der Waals surface area contributed by atoms with Crippen molar-refractivity contribution < 1.29 is 8.78 Å². The molecule has 1 saturated heterocycles. The smallest absolute Gasteiger partial charge is 0.123 e. The Labute approximate surface area is 165 Å². The standard InChI is InChI=1S/C21H25F2N3.ClH/c22-15-3-6-17(7-4-15)26-20-8-5-16(23)13-18(20)19-14-25(11-2-1-10-24)12-9-21(19)26;/h3-8,13,19,21H,1-2,9-12,14,24H2;1H. The molecule has 0 aromatic heterocycles. The lowest BCUT2D eigenvalue weighted by atomic mass is 9.89. The Hall–Kier alpha value is -1.69. The van der Waals surface area contributed by atoms with Gasteiger partial charge in [-0.1, -0.05) is 0 Å². The van der Waals surface area contributed by atoms with Crippen LogP contribution in [0.2, 0.25) is 0 Å². The molecule has 2 unspecified atom stereocenters. The molecule has 0 bridgehead atoms. The minimum absolute atomic E-state index is 0. The second kappa shape index (κ2) is 8.55. The Morgan fingerprint density at radius 1 is 1.00 bits per heavy atom. The molecular weight excluding hydrogens is 368 g/mol. The molecule has 3 nitrogen and oxygen atoms in total. The third-order valence-corrected chi connectivity index (χ3v) is 5.67. The van der Waals surface area contributed by atoms with Gasteiger partial charge in [0, 0.05) is 36.4 Å². The summed E-state index contributed by atoms with van der Waals surface area (Å²) in [4.78, 5) is 4.75. The summed E-state index contributed by atoms with van der Waals surface area (Å²) in [5, 5.41) is 0. The number of benzene rings is 2. The lowest BCUT2D eigenvalue weighted by Gasteiger charge is -2.39. The lowest BCUT2D eigenvalue weighted by molar-refractivity contribution is 0.194. The molecule has 2 heterocycles. The van der Waals surface area contributed by atoms with E-state index in [-0.39, 0.29) is 30.0 Å². The van der Waals surface area contributed by atoms with Gasteiger partial charge in [-0.15, -0.1) is 12.4 Å². The summed E-state index contributed by atoms with van der Waals surface area (Å²) in [5.41, 5.74) is 8.71. The number of hydrogen-bond donors (Lipinski definition) is 1. The highest BCUT2D eigenvalue weighted by atomic mass is 35.5. The maximum absolute atomic E-state index is 14.0. The van der Waals surface area contributed by atoms with Crippen LogP contribution >= 0.6 is 12.4 Å². The van der Waals surface area contributed by atoms with E-state index in [0.29, 0.717) is 6.04 Å². The van der Waals surface area contributed by atoms with E-state index < -0.39 is 0 Å². The first-order valence-corrected chi connectivity index (χ1v) is 9.44. The van der Waals surface area contributed by atoms with Crippen LogP contribution < -0.4 is 10.6 Å². The first-order chi connectivity index (χ1) is 12.7. The topological polar surface area (TPSA) is 32.5 Å². The number of unbranched alkanes of at least 4 members (excludes halogenated alkanes) is 1. The molecule has 4 rings (SSSR count). The van der Waals surface area contributed by atoms with Gasteiger partial charge in [-0.2, -0.15) is 0 Å². The van der Waals surface area contributed by atoms with Crippen molar-refractivity contribution in [2.75, 3.05) is 31.1 Å². The van der Waals surface area contributed by atoms with E-state index in [1.54, 1.807) is 6.07 Å². The van der Waals surface area contributed by atoms with Crippen molar-refractivity contribution in [1.82, 2.24) is 4.90 Å². The molecule has 2 aromatic rings. The van der Waals surface area contributed by atoms with Crippen LogP contribution in [-0.2, 0) is 0 Å². The van der Waals surface area contributed by atoms with Crippen LogP contribution in [-0.4, -0.2) is 37.1 Å². The van der Waals surface area contributed by atoms with Crippen LogP contribution in [0.4, 0.5) is 20.2 Å². The van der Waals surface area contributed by atoms with Gasteiger partial charge in [-0.25, -0.2) is 8.78 Å². The highest BCUT2D eigenvalue weighted by Gasteiger charge is 2.42. The highest BCUT2D eigenvalue weighted by molar-refractivity contribution is 5.85. The SMILES string of the molecule is Cl.NCCCCN1CCC2C(C1)c1cc(F)ccc1N2c1ccc(F)cc1. The van der Waals surface area contributed by atoms with E-state index in [4.69, 9.17) is 5.73 Å². The normalized spacial score (nSPS) is 21.5. The van der Waals surface area contributed by atoms with Crippen molar-refractivity contribution in [2.45, 2.75) is 31.2 Å². The predicted octanol–water partition coefficient (Wildman–Crippen LogP) is 4.44. The monoisotopic (exact) mass is 393 g/mol.